The summed E-state index contributed by atoms with van der Waals surface area (Å²) >= 11 is 6.23. The van der Waals surface area contributed by atoms with Crippen LogP contribution >= 0.6 is 11.6 Å². The predicted octanol–water partition coefficient (Wildman–Crippen LogP) is 2.49. The van der Waals surface area contributed by atoms with Crippen LogP contribution in [-0.4, -0.2) is 43.8 Å². The van der Waals surface area contributed by atoms with E-state index in [9.17, 15) is 4.79 Å². The lowest BCUT2D eigenvalue weighted by Crippen LogP contribution is -2.35. The number of rotatable bonds is 5. The Balaban J connectivity index is 2.17. The topological polar surface area (TPSA) is 48.0 Å². The molecule has 1 aromatic carbocycles. The van der Waals surface area contributed by atoms with Crippen molar-refractivity contribution in [3.8, 4) is 11.5 Å². The molecule has 21 heavy (non-hydrogen) atoms. The molecule has 0 saturated carbocycles. The average molecular weight is 314 g/mol. The van der Waals surface area contributed by atoms with E-state index in [0.717, 1.165) is 5.56 Å². The maximum atomic E-state index is 11.5. The summed E-state index contributed by atoms with van der Waals surface area (Å²) in [6.07, 6.45) is 0. The molecule has 1 heterocycles. The van der Waals surface area contributed by atoms with Crippen LogP contribution in [0.2, 0.25) is 5.02 Å². The molecule has 0 atom stereocenters. The zero-order valence-corrected chi connectivity index (χ0v) is 13.3. The molecular weight excluding hydrogens is 294 g/mol. The average Bonchev–Trinajstić information content (AvgIpc) is 2.46. The van der Waals surface area contributed by atoms with Gasteiger partial charge in [0.1, 0.15) is 13.2 Å². The Morgan fingerprint density at radius 1 is 1.38 bits per heavy atom. The van der Waals surface area contributed by atoms with E-state index >= 15 is 0 Å². The minimum absolute atomic E-state index is 0.205. The van der Waals surface area contributed by atoms with Crippen LogP contribution in [0.4, 0.5) is 0 Å². The van der Waals surface area contributed by atoms with Crippen molar-refractivity contribution in [2.45, 2.75) is 26.4 Å². The molecule has 116 valence electrons. The van der Waals surface area contributed by atoms with Crippen molar-refractivity contribution in [3.05, 3.63) is 22.7 Å². The van der Waals surface area contributed by atoms with Gasteiger partial charge in [0.15, 0.2) is 11.5 Å². The Morgan fingerprint density at radius 2 is 2.10 bits per heavy atom. The molecule has 0 radical (unpaired) electrons. The lowest BCUT2D eigenvalue weighted by Gasteiger charge is -2.26. The van der Waals surface area contributed by atoms with Crippen molar-refractivity contribution in [2.24, 2.45) is 0 Å². The number of carbonyl (C=O) groups is 1. The van der Waals surface area contributed by atoms with Crippen LogP contribution in [0.5, 0.6) is 11.5 Å². The third-order valence-corrected chi connectivity index (χ3v) is 3.61. The first-order valence-electron chi connectivity index (χ1n) is 6.90. The van der Waals surface area contributed by atoms with Gasteiger partial charge in [-0.1, -0.05) is 11.6 Å². The van der Waals surface area contributed by atoms with E-state index in [1.807, 2.05) is 30.9 Å². The highest BCUT2D eigenvalue weighted by molar-refractivity contribution is 6.32. The minimum atomic E-state index is -0.257. The minimum Gasteiger partial charge on any atom is -0.486 e. The summed E-state index contributed by atoms with van der Waals surface area (Å²) in [5, 5.41) is 0.531. The van der Waals surface area contributed by atoms with E-state index in [1.54, 1.807) is 0 Å². The summed E-state index contributed by atoms with van der Waals surface area (Å²) < 4.78 is 15.8. The number of halogens is 1. The zero-order valence-electron chi connectivity index (χ0n) is 12.5. The molecule has 0 fully saturated rings. The van der Waals surface area contributed by atoms with Crippen molar-refractivity contribution in [3.63, 3.8) is 0 Å². The molecule has 1 aromatic rings. The van der Waals surface area contributed by atoms with Gasteiger partial charge in [0.2, 0.25) is 0 Å². The Labute approximate surface area is 129 Å². The van der Waals surface area contributed by atoms with Crippen LogP contribution in [0.1, 0.15) is 19.4 Å². The number of carbonyl (C=O) groups excluding carboxylic acids is 1. The van der Waals surface area contributed by atoms with Crippen molar-refractivity contribution in [2.75, 3.05) is 26.9 Å². The molecule has 1 aliphatic heterocycles. The Hall–Kier alpha value is -1.46. The first-order chi connectivity index (χ1) is 10.0. The lowest BCUT2D eigenvalue weighted by molar-refractivity contribution is -0.142. The van der Waals surface area contributed by atoms with E-state index in [0.29, 0.717) is 36.3 Å². The second kappa shape index (κ2) is 7.00. The number of benzene rings is 1. The molecule has 0 saturated heterocycles. The maximum absolute atomic E-state index is 11.5. The quantitative estimate of drug-likeness (QED) is 0.782. The highest BCUT2D eigenvalue weighted by Gasteiger charge is 2.20. The zero-order chi connectivity index (χ0) is 15.4. The molecule has 1 aliphatic rings. The predicted molar refractivity (Wildman–Crippen MR) is 80.0 cm³/mol. The van der Waals surface area contributed by atoms with Crippen molar-refractivity contribution in [1.29, 1.82) is 0 Å². The second-order valence-electron chi connectivity index (χ2n) is 5.18. The molecule has 0 unspecified atom stereocenters. The van der Waals surface area contributed by atoms with E-state index in [1.165, 1.54) is 7.11 Å². The van der Waals surface area contributed by atoms with E-state index < -0.39 is 0 Å². The molecule has 2 rings (SSSR count). The Morgan fingerprint density at radius 3 is 2.76 bits per heavy atom. The van der Waals surface area contributed by atoms with Crippen molar-refractivity contribution in [1.82, 2.24) is 4.90 Å². The summed E-state index contributed by atoms with van der Waals surface area (Å²) in [5.74, 6) is 0.994. The van der Waals surface area contributed by atoms with Gasteiger partial charge in [0.25, 0.3) is 0 Å². The molecule has 5 nitrogen and oxygen atoms in total. The van der Waals surface area contributed by atoms with E-state index in [-0.39, 0.29) is 18.6 Å². The third-order valence-electron chi connectivity index (χ3n) is 3.33. The first-order valence-corrected chi connectivity index (χ1v) is 7.28. The number of esters is 1. The number of methoxy groups -OCH3 is 1. The number of ether oxygens (including phenoxy) is 3. The van der Waals surface area contributed by atoms with Gasteiger partial charge in [0.05, 0.1) is 18.7 Å². The van der Waals surface area contributed by atoms with Gasteiger partial charge >= 0.3 is 5.97 Å². The van der Waals surface area contributed by atoms with Crippen LogP contribution in [0, 0.1) is 0 Å². The molecule has 0 aliphatic carbocycles. The fourth-order valence-corrected chi connectivity index (χ4v) is 2.43. The number of nitrogens with zero attached hydrogens (tertiary/aromatic N) is 1. The highest BCUT2D eigenvalue weighted by atomic mass is 35.5. The van der Waals surface area contributed by atoms with E-state index in [4.69, 9.17) is 25.8 Å². The molecule has 0 N–H and O–H groups in total. The van der Waals surface area contributed by atoms with Crippen molar-refractivity contribution >= 4 is 17.6 Å². The van der Waals surface area contributed by atoms with Gasteiger partial charge < -0.3 is 14.2 Å². The second-order valence-corrected chi connectivity index (χ2v) is 5.58. The fraction of sp³-hybridized carbons (Fsp3) is 0.533. The maximum Gasteiger partial charge on any atom is 0.319 e. The molecule has 0 aromatic heterocycles. The standard InChI is InChI=1S/C15H20ClNO4/c1-10(2)17(9-14(18)19-3)8-11-6-12(16)15-13(7-11)20-4-5-21-15/h6-7,10H,4-5,8-9H2,1-3H3. The number of hydrogen-bond acceptors (Lipinski definition) is 5. The van der Waals surface area contributed by atoms with Gasteiger partial charge in [-0.3, -0.25) is 9.69 Å². The van der Waals surface area contributed by atoms with Crippen LogP contribution < -0.4 is 9.47 Å². The van der Waals surface area contributed by atoms with Gasteiger partial charge in [-0.2, -0.15) is 0 Å². The van der Waals surface area contributed by atoms with Crippen LogP contribution in [0.3, 0.4) is 0 Å². The Kier molecular flexibility index (Phi) is 5.31. The smallest absolute Gasteiger partial charge is 0.319 e. The molecule has 0 spiro atoms. The summed E-state index contributed by atoms with van der Waals surface area (Å²) in [7, 11) is 1.39. The summed E-state index contributed by atoms with van der Waals surface area (Å²) in [6.45, 7) is 5.91. The van der Waals surface area contributed by atoms with Gasteiger partial charge in [0, 0.05) is 12.6 Å². The fourth-order valence-electron chi connectivity index (χ4n) is 2.14. The molecule has 6 heteroatoms. The third kappa shape index (κ3) is 4.02. The highest BCUT2D eigenvalue weighted by Crippen LogP contribution is 2.38. The molecule has 0 amide bonds. The lowest BCUT2D eigenvalue weighted by atomic mass is 10.1. The summed E-state index contributed by atoms with van der Waals surface area (Å²) in [4.78, 5) is 13.5. The number of fused-ring (bicyclic) bond motifs is 1. The van der Waals surface area contributed by atoms with E-state index in [2.05, 4.69) is 0 Å². The first kappa shape index (κ1) is 15.9. The summed E-state index contributed by atoms with van der Waals surface area (Å²) in [5.41, 5.74) is 0.974. The Bertz CT molecular complexity index is 519. The van der Waals surface area contributed by atoms with Gasteiger partial charge in [-0.15, -0.1) is 0 Å². The summed E-state index contributed by atoms with van der Waals surface area (Å²) in [6, 6.07) is 3.96. The SMILES string of the molecule is COC(=O)CN(Cc1cc(Cl)c2c(c1)OCCO2)C(C)C. The number of hydrogen-bond donors (Lipinski definition) is 0. The van der Waals surface area contributed by atoms with Crippen molar-refractivity contribution < 1.29 is 19.0 Å². The molecule has 0 bridgehead atoms. The van der Waals surface area contributed by atoms with Crippen LogP contribution in [0.15, 0.2) is 12.1 Å². The van der Waals surface area contributed by atoms with Crippen LogP contribution in [-0.2, 0) is 16.1 Å². The van der Waals surface area contributed by atoms with Crippen LogP contribution in [0.25, 0.3) is 0 Å². The largest absolute Gasteiger partial charge is 0.486 e. The van der Waals surface area contributed by atoms with Gasteiger partial charge in [-0.05, 0) is 31.5 Å². The van der Waals surface area contributed by atoms with Gasteiger partial charge in [-0.25, -0.2) is 0 Å². The molecular formula is C15H20ClNO4. The normalized spacial score (nSPS) is 13.6. The monoisotopic (exact) mass is 313 g/mol.